The van der Waals surface area contributed by atoms with Crippen LogP contribution in [0.4, 0.5) is 0 Å². The molecule has 0 aliphatic carbocycles. The average Bonchev–Trinajstić information content (AvgIpc) is 3.39. The summed E-state index contributed by atoms with van der Waals surface area (Å²) in [5.41, 5.74) is 5.38. The maximum absolute atomic E-state index is 12.0. The number of ether oxygens (including phenoxy) is 4. The number of hydrogen-bond donors (Lipinski definition) is 6. The highest BCUT2D eigenvalue weighted by Gasteiger charge is 2.55. The molecule has 2 aliphatic heterocycles. The molecule has 6 aromatic rings. The van der Waals surface area contributed by atoms with Crippen molar-refractivity contribution in [2.24, 2.45) is 5.92 Å². The minimum atomic E-state index is -3.05. The van der Waals surface area contributed by atoms with Gasteiger partial charge >= 0.3 is 0 Å². The lowest BCUT2D eigenvalue weighted by Crippen LogP contribution is -2.70. The molecule has 0 spiro atoms. The Kier molecular flexibility index (Phi) is 19.4. The molecule has 2 saturated heterocycles. The Hall–Kier alpha value is -4.64. The Morgan fingerprint density at radius 3 is 1.40 bits per heavy atom. The Bertz CT molecular complexity index is 2610. The monoisotopic (exact) mass is 1050 g/mol. The van der Waals surface area contributed by atoms with Gasteiger partial charge in [0.25, 0.3) is 8.32 Å². The lowest BCUT2D eigenvalue weighted by molar-refractivity contribution is -0.231. The molecule has 73 heavy (non-hydrogen) atoms. The Labute approximate surface area is 441 Å². The van der Waals surface area contributed by atoms with Gasteiger partial charge in [0.1, 0.15) is 54.2 Å². The second-order valence-electron chi connectivity index (χ2n) is 19.8. The molecule has 8 rings (SSSR count). The zero-order chi connectivity index (χ0) is 52.5. The average molecular weight is 1050 g/mol. The van der Waals surface area contributed by atoms with Crippen LogP contribution in [0, 0.1) is 5.92 Å². The van der Waals surface area contributed by atoms with E-state index < -0.39 is 69.9 Å². The molecule has 2 heterocycles. The first-order chi connectivity index (χ1) is 35.0. The van der Waals surface area contributed by atoms with Gasteiger partial charge in [0, 0.05) is 16.0 Å². The third-order valence-corrected chi connectivity index (χ3v) is 19.7. The lowest BCUT2D eigenvalue weighted by Gasteiger charge is -2.51. The van der Waals surface area contributed by atoms with E-state index in [1.54, 1.807) is 12.1 Å². The zero-order valence-electron chi connectivity index (χ0n) is 42.4. The molecule has 390 valence electrons. The quantitative estimate of drug-likeness (QED) is 0.0515. The van der Waals surface area contributed by atoms with Gasteiger partial charge in [-0.25, -0.2) is 0 Å². The largest absolute Gasteiger partial charge is 0.494 e. The molecule has 0 radical (unpaired) electrons. The van der Waals surface area contributed by atoms with Crippen molar-refractivity contribution in [3.63, 3.8) is 0 Å². The van der Waals surface area contributed by atoms with Crippen LogP contribution in [0.1, 0.15) is 87.1 Å². The van der Waals surface area contributed by atoms with E-state index >= 15 is 0 Å². The van der Waals surface area contributed by atoms with Gasteiger partial charge in [-0.1, -0.05) is 160 Å². The summed E-state index contributed by atoms with van der Waals surface area (Å²) in [6.07, 6.45) is -7.53. The fourth-order valence-electron chi connectivity index (χ4n) is 9.96. The van der Waals surface area contributed by atoms with Gasteiger partial charge in [-0.15, -0.1) is 0 Å². The van der Waals surface area contributed by atoms with E-state index in [-0.39, 0.29) is 17.6 Å². The van der Waals surface area contributed by atoms with Crippen molar-refractivity contribution in [2.75, 3.05) is 26.4 Å². The number of aliphatic hydroxyl groups is 6. The third-order valence-electron chi connectivity index (χ3n) is 13.9. The van der Waals surface area contributed by atoms with E-state index in [0.29, 0.717) is 41.7 Å². The van der Waals surface area contributed by atoms with Gasteiger partial charge in [-0.05, 0) is 112 Å². The Morgan fingerprint density at radius 2 is 0.973 bits per heavy atom. The molecule has 0 bridgehead atoms. The highest BCUT2D eigenvalue weighted by Crippen LogP contribution is 2.44. The molecule has 0 amide bonds. The van der Waals surface area contributed by atoms with Crippen LogP contribution in [0.2, 0.25) is 15.1 Å². The summed E-state index contributed by atoms with van der Waals surface area (Å²) in [7, 11) is -3.05. The predicted octanol–water partition coefficient (Wildman–Crippen LogP) is 8.55. The van der Waals surface area contributed by atoms with Crippen molar-refractivity contribution in [3.8, 4) is 11.5 Å². The SMILES string of the molecule is CCOc1ccc(Cc2cc([C@@H]3O[C@H](CO)C(C)[C@H](O)C3O[Si](c3ccccc3)(c3ccccc3)C(C)(C)C)ccc2Cl)cc1.CCOc1ccc(Cc2cc([C@@H]3O[C@H](CO)C(O)[C@H](O)C3O)ccc2Cl)cc1. The molecule has 14 heteroatoms. The van der Waals surface area contributed by atoms with Crippen LogP contribution >= 0.6 is 23.2 Å². The maximum Gasteiger partial charge on any atom is 0.261 e. The van der Waals surface area contributed by atoms with Gasteiger partial charge in [0.15, 0.2) is 0 Å². The highest BCUT2D eigenvalue weighted by atomic mass is 35.5. The van der Waals surface area contributed by atoms with E-state index in [0.717, 1.165) is 49.7 Å². The maximum atomic E-state index is 12.0. The summed E-state index contributed by atoms with van der Waals surface area (Å²) < 4.78 is 30.9. The van der Waals surface area contributed by atoms with E-state index in [2.05, 4.69) is 75.4 Å². The first kappa shape index (κ1) is 56.1. The Morgan fingerprint density at radius 1 is 0.534 bits per heavy atom. The van der Waals surface area contributed by atoms with Gasteiger partial charge in [0.2, 0.25) is 0 Å². The molecule has 0 aromatic heterocycles. The van der Waals surface area contributed by atoms with Gasteiger partial charge in [-0.3, -0.25) is 0 Å². The molecular formula is C59H70Cl2O11Si. The standard InChI is InChI=1S/C38H45ClO5Si.C21H25ClO6/c1-6-42-30-20-17-27(18-21-30)23-29-24-28(19-22-33(29)39)36-37(35(41)26(2)34(25-40)43-36)44-45(38(3,4)5,31-13-9-7-10-14-31)32-15-11-8-12-16-32;1-2-27-15-6-3-12(4-7-15)9-14-10-13(5-8-16(14)22)21-20(26)19(25)18(24)17(11-23)28-21/h7-22,24,26,34-37,40-41H,6,23,25H2,1-5H3;3-8,10,17-21,23-26H,2,9,11H2,1H3/t26?,34-,35+,36+,37?;17-,18?,19+,20?,21+/m11/s1. The summed E-state index contributed by atoms with van der Waals surface area (Å²) in [5.74, 6) is 1.29. The van der Waals surface area contributed by atoms with Crippen molar-refractivity contribution in [2.45, 2.75) is 114 Å². The molecule has 6 N–H and O–H groups in total. The molecule has 4 unspecified atom stereocenters. The van der Waals surface area contributed by atoms with Crippen molar-refractivity contribution in [3.05, 3.63) is 189 Å². The Balaban J connectivity index is 0.000000239. The first-order valence-corrected chi connectivity index (χ1v) is 27.7. The summed E-state index contributed by atoms with van der Waals surface area (Å²) in [6, 6.07) is 47.7. The van der Waals surface area contributed by atoms with Crippen LogP contribution in [-0.2, 0) is 26.7 Å². The molecule has 11 nitrogen and oxygen atoms in total. The summed E-state index contributed by atoms with van der Waals surface area (Å²) in [5, 5.41) is 65.2. The number of benzene rings is 6. The second-order valence-corrected chi connectivity index (χ2v) is 24.9. The number of halogens is 2. The normalized spacial score (nSPS) is 24.3. The predicted molar refractivity (Wildman–Crippen MR) is 289 cm³/mol. The fraction of sp³-hybridized carbons (Fsp3) is 0.390. The lowest BCUT2D eigenvalue weighted by atomic mass is 9.85. The van der Waals surface area contributed by atoms with Crippen molar-refractivity contribution in [1.29, 1.82) is 0 Å². The summed E-state index contributed by atoms with van der Waals surface area (Å²) in [4.78, 5) is 0. The van der Waals surface area contributed by atoms with E-state index in [9.17, 15) is 30.6 Å². The van der Waals surface area contributed by atoms with E-state index in [1.165, 1.54) is 0 Å². The molecule has 2 aliphatic rings. The molecule has 10 atom stereocenters. The van der Waals surface area contributed by atoms with Gasteiger partial charge < -0.3 is 54.0 Å². The van der Waals surface area contributed by atoms with Crippen molar-refractivity contribution >= 4 is 41.9 Å². The smallest absolute Gasteiger partial charge is 0.261 e. The van der Waals surface area contributed by atoms with Crippen LogP contribution < -0.4 is 19.8 Å². The van der Waals surface area contributed by atoms with E-state index in [4.69, 9.17) is 46.6 Å². The topological polar surface area (TPSA) is 168 Å². The number of aliphatic hydroxyl groups excluding tert-OH is 6. The zero-order valence-corrected chi connectivity index (χ0v) is 44.9. The minimum Gasteiger partial charge on any atom is -0.494 e. The fourth-order valence-corrected chi connectivity index (χ4v) is 15.0. The molecular weight excluding hydrogens is 984 g/mol. The summed E-state index contributed by atoms with van der Waals surface area (Å²) >= 11 is 13.1. The first-order valence-electron chi connectivity index (χ1n) is 25.1. The summed E-state index contributed by atoms with van der Waals surface area (Å²) in [6.45, 7) is 13.0. The number of rotatable bonds is 16. The van der Waals surface area contributed by atoms with Gasteiger partial charge in [0.05, 0.1) is 38.6 Å². The van der Waals surface area contributed by atoms with Crippen LogP contribution in [-0.4, -0.2) is 108 Å². The molecule has 2 fully saturated rings. The van der Waals surface area contributed by atoms with Crippen LogP contribution in [0.3, 0.4) is 0 Å². The van der Waals surface area contributed by atoms with Crippen molar-refractivity contribution in [1.82, 2.24) is 0 Å². The van der Waals surface area contributed by atoms with Crippen LogP contribution in [0.25, 0.3) is 0 Å². The third kappa shape index (κ3) is 12.9. The molecule has 6 aromatic carbocycles. The van der Waals surface area contributed by atoms with Crippen molar-refractivity contribution < 1.29 is 54.0 Å². The van der Waals surface area contributed by atoms with Crippen LogP contribution in [0.5, 0.6) is 11.5 Å². The minimum absolute atomic E-state index is 0.201. The second kappa shape index (κ2) is 25.3. The molecule has 0 saturated carbocycles. The van der Waals surface area contributed by atoms with E-state index in [1.807, 2.05) is 99.6 Å². The van der Waals surface area contributed by atoms with Gasteiger partial charge in [-0.2, -0.15) is 0 Å². The number of hydrogen-bond acceptors (Lipinski definition) is 11. The van der Waals surface area contributed by atoms with Crippen LogP contribution in [0.15, 0.2) is 146 Å². The highest BCUT2D eigenvalue weighted by molar-refractivity contribution is 6.99.